The van der Waals surface area contributed by atoms with Crippen LogP contribution >= 0.6 is 0 Å². The van der Waals surface area contributed by atoms with Crippen LogP contribution < -0.4 is 0 Å². The average molecular weight is 229 g/mol. The van der Waals surface area contributed by atoms with Gasteiger partial charge in [-0.05, 0) is 36.2 Å². The Labute approximate surface area is 97.9 Å². The van der Waals surface area contributed by atoms with E-state index in [4.69, 9.17) is 5.26 Å². The van der Waals surface area contributed by atoms with E-state index in [1.165, 1.54) is 12.1 Å². The van der Waals surface area contributed by atoms with E-state index in [-0.39, 0.29) is 5.56 Å². The molecular weight excluding hydrogens is 220 g/mol. The third-order valence-corrected chi connectivity index (χ3v) is 2.60. The largest absolute Gasteiger partial charge is 0.204 e. The van der Waals surface area contributed by atoms with Crippen LogP contribution in [0.2, 0.25) is 0 Å². The highest BCUT2D eigenvalue weighted by Crippen LogP contribution is 2.27. The minimum Gasteiger partial charge on any atom is -0.204 e. The summed E-state index contributed by atoms with van der Waals surface area (Å²) in [6, 6.07) is 10.9. The molecule has 17 heavy (non-hydrogen) atoms. The number of aryl methyl sites for hydroxylation is 1. The van der Waals surface area contributed by atoms with Crippen LogP contribution in [0.15, 0.2) is 36.4 Å². The van der Waals surface area contributed by atoms with Gasteiger partial charge in [0.2, 0.25) is 0 Å². The summed E-state index contributed by atoms with van der Waals surface area (Å²) in [7, 11) is 0. The topological polar surface area (TPSA) is 23.8 Å². The molecule has 0 radical (unpaired) electrons. The predicted molar refractivity (Wildman–Crippen MR) is 61.2 cm³/mol. The molecule has 0 saturated heterocycles. The highest BCUT2D eigenvalue weighted by atomic mass is 19.2. The summed E-state index contributed by atoms with van der Waals surface area (Å²) in [5.74, 6) is -1.73. The number of halogens is 2. The van der Waals surface area contributed by atoms with Crippen LogP contribution in [-0.2, 0) is 0 Å². The maximum absolute atomic E-state index is 13.6. The fourth-order valence-corrected chi connectivity index (χ4v) is 1.75. The molecule has 0 bridgehead atoms. The first-order valence-corrected chi connectivity index (χ1v) is 5.08. The summed E-state index contributed by atoms with van der Waals surface area (Å²) in [6.07, 6.45) is 0. The fourth-order valence-electron chi connectivity index (χ4n) is 1.75. The van der Waals surface area contributed by atoms with Crippen molar-refractivity contribution < 1.29 is 8.78 Å². The molecule has 0 aliphatic carbocycles. The second-order valence-corrected chi connectivity index (χ2v) is 3.74. The van der Waals surface area contributed by atoms with Gasteiger partial charge in [-0.15, -0.1) is 0 Å². The van der Waals surface area contributed by atoms with Gasteiger partial charge in [-0.1, -0.05) is 18.2 Å². The Kier molecular flexibility index (Phi) is 2.88. The molecule has 0 saturated carbocycles. The Bertz CT molecular complexity index is 612. The van der Waals surface area contributed by atoms with Crippen molar-refractivity contribution >= 4 is 0 Å². The normalized spacial score (nSPS) is 10.0. The number of rotatable bonds is 1. The summed E-state index contributed by atoms with van der Waals surface area (Å²) < 4.78 is 26.7. The summed E-state index contributed by atoms with van der Waals surface area (Å²) in [5.41, 5.74) is 2.06. The van der Waals surface area contributed by atoms with Crippen molar-refractivity contribution in [2.45, 2.75) is 6.92 Å². The summed E-state index contributed by atoms with van der Waals surface area (Å²) in [5, 5.41) is 8.74. The standard InChI is InChI=1S/C14H9F2N/c1-9-7-10(8-17)5-6-11(9)12-3-2-4-13(15)14(12)16/h2-7H,1H3. The lowest BCUT2D eigenvalue weighted by Gasteiger charge is -2.07. The van der Waals surface area contributed by atoms with Crippen molar-refractivity contribution in [1.82, 2.24) is 0 Å². The number of hydrogen-bond acceptors (Lipinski definition) is 1. The zero-order valence-electron chi connectivity index (χ0n) is 9.17. The maximum atomic E-state index is 13.6. The van der Waals surface area contributed by atoms with E-state index < -0.39 is 11.6 Å². The molecule has 84 valence electrons. The smallest absolute Gasteiger partial charge is 0.166 e. The second kappa shape index (κ2) is 4.34. The molecule has 0 aliphatic heterocycles. The van der Waals surface area contributed by atoms with E-state index in [0.717, 1.165) is 11.6 Å². The first-order chi connectivity index (χ1) is 8.13. The van der Waals surface area contributed by atoms with Gasteiger partial charge in [0.25, 0.3) is 0 Å². The minimum atomic E-state index is -0.869. The van der Waals surface area contributed by atoms with Gasteiger partial charge in [0.05, 0.1) is 11.6 Å². The Balaban J connectivity index is 2.62. The monoisotopic (exact) mass is 229 g/mol. The molecule has 0 amide bonds. The van der Waals surface area contributed by atoms with E-state index in [0.29, 0.717) is 11.1 Å². The SMILES string of the molecule is Cc1cc(C#N)ccc1-c1cccc(F)c1F. The predicted octanol–water partition coefficient (Wildman–Crippen LogP) is 3.81. The molecular formula is C14H9F2N. The second-order valence-electron chi connectivity index (χ2n) is 3.74. The van der Waals surface area contributed by atoms with Gasteiger partial charge in [0, 0.05) is 5.56 Å². The third-order valence-electron chi connectivity index (χ3n) is 2.60. The van der Waals surface area contributed by atoms with Crippen molar-refractivity contribution in [3.8, 4) is 17.2 Å². The van der Waals surface area contributed by atoms with Crippen LogP contribution in [-0.4, -0.2) is 0 Å². The van der Waals surface area contributed by atoms with Gasteiger partial charge in [0.15, 0.2) is 11.6 Å². The first-order valence-electron chi connectivity index (χ1n) is 5.08. The molecule has 2 aromatic carbocycles. The summed E-state index contributed by atoms with van der Waals surface area (Å²) in [4.78, 5) is 0. The molecule has 2 aromatic rings. The van der Waals surface area contributed by atoms with Crippen molar-refractivity contribution in [2.75, 3.05) is 0 Å². The fraction of sp³-hybridized carbons (Fsp3) is 0.0714. The molecule has 0 spiro atoms. The highest BCUT2D eigenvalue weighted by Gasteiger charge is 2.11. The highest BCUT2D eigenvalue weighted by molar-refractivity contribution is 5.68. The molecule has 0 N–H and O–H groups in total. The van der Waals surface area contributed by atoms with Gasteiger partial charge in [-0.2, -0.15) is 5.26 Å². The molecule has 0 unspecified atom stereocenters. The minimum absolute atomic E-state index is 0.215. The number of hydrogen-bond donors (Lipinski definition) is 0. The van der Waals surface area contributed by atoms with Crippen molar-refractivity contribution in [3.63, 3.8) is 0 Å². The quantitative estimate of drug-likeness (QED) is 0.729. The molecule has 0 fully saturated rings. The molecule has 2 rings (SSSR count). The maximum Gasteiger partial charge on any atom is 0.166 e. The van der Waals surface area contributed by atoms with E-state index in [1.807, 2.05) is 6.07 Å². The van der Waals surface area contributed by atoms with Gasteiger partial charge in [0.1, 0.15) is 0 Å². The van der Waals surface area contributed by atoms with Crippen LogP contribution in [0.5, 0.6) is 0 Å². The summed E-state index contributed by atoms with van der Waals surface area (Å²) in [6.45, 7) is 1.76. The summed E-state index contributed by atoms with van der Waals surface area (Å²) >= 11 is 0. The van der Waals surface area contributed by atoms with Crippen LogP contribution in [0.25, 0.3) is 11.1 Å². The van der Waals surface area contributed by atoms with Crippen molar-refractivity contribution in [3.05, 3.63) is 59.2 Å². The first kappa shape index (κ1) is 11.3. The van der Waals surface area contributed by atoms with Gasteiger partial charge >= 0.3 is 0 Å². The van der Waals surface area contributed by atoms with Crippen LogP contribution in [0.4, 0.5) is 8.78 Å². The van der Waals surface area contributed by atoms with E-state index in [1.54, 1.807) is 25.1 Å². The lowest BCUT2D eigenvalue weighted by atomic mass is 9.98. The van der Waals surface area contributed by atoms with Crippen LogP contribution in [0, 0.1) is 29.9 Å². The molecule has 3 heteroatoms. The Hall–Kier alpha value is -2.21. The van der Waals surface area contributed by atoms with E-state index >= 15 is 0 Å². The van der Waals surface area contributed by atoms with Crippen molar-refractivity contribution in [1.29, 1.82) is 5.26 Å². The van der Waals surface area contributed by atoms with E-state index in [9.17, 15) is 8.78 Å². The van der Waals surface area contributed by atoms with Gasteiger partial charge < -0.3 is 0 Å². The van der Waals surface area contributed by atoms with E-state index in [2.05, 4.69) is 0 Å². The average Bonchev–Trinajstić information content (AvgIpc) is 2.33. The van der Waals surface area contributed by atoms with Crippen LogP contribution in [0.1, 0.15) is 11.1 Å². The zero-order valence-corrected chi connectivity index (χ0v) is 9.17. The molecule has 0 aromatic heterocycles. The molecule has 0 atom stereocenters. The Morgan fingerprint density at radius 2 is 1.82 bits per heavy atom. The number of nitriles is 1. The molecule has 1 nitrogen and oxygen atoms in total. The lowest BCUT2D eigenvalue weighted by molar-refractivity contribution is 0.511. The third kappa shape index (κ3) is 2.02. The number of nitrogens with zero attached hydrogens (tertiary/aromatic N) is 1. The molecule has 0 aliphatic rings. The zero-order chi connectivity index (χ0) is 12.4. The molecule has 0 heterocycles. The number of benzene rings is 2. The Morgan fingerprint density at radius 3 is 2.47 bits per heavy atom. The van der Waals surface area contributed by atoms with Gasteiger partial charge in [-0.3, -0.25) is 0 Å². The van der Waals surface area contributed by atoms with Crippen LogP contribution in [0.3, 0.4) is 0 Å². The van der Waals surface area contributed by atoms with Crippen molar-refractivity contribution in [2.24, 2.45) is 0 Å². The van der Waals surface area contributed by atoms with Gasteiger partial charge in [-0.25, -0.2) is 8.78 Å². The lowest BCUT2D eigenvalue weighted by Crippen LogP contribution is -1.92. The Morgan fingerprint density at radius 1 is 1.06 bits per heavy atom.